The van der Waals surface area contributed by atoms with Crippen LogP contribution in [-0.2, 0) is 6.42 Å². The number of fused-ring (bicyclic) bond motifs is 3. The predicted molar refractivity (Wildman–Crippen MR) is 92.3 cm³/mol. The van der Waals surface area contributed by atoms with Gasteiger partial charge in [0.25, 0.3) is 0 Å². The van der Waals surface area contributed by atoms with Gasteiger partial charge in [0.1, 0.15) is 17.0 Å². The zero-order valence-corrected chi connectivity index (χ0v) is 14.2. The fraction of sp³-hybridized carbons (Fsp3) is 0.647. The fourth-order valence-electron chi connectivity index (χ4n) is 4.54. The van der Waals surface area contributed by atoms with E-state index in [1.165, 1.54) is 49.0 Å². The Bertz CT molecular complexity index is 693. The van der Waals surface area contributed by atoms with Gasteiger partial charge in [-0.25, -0.2) is 9.97 Å². The van der Waals surface area contributed by atoms with Crippen molar-refractivity contribution < 1.29 is 0 Å². The van der Waals surface area contributed by atoms with Crippen LogP contribution in [0.4, 0.5) is 5.82 Å². The van der Waals surface area contributed by atoms with E-state index in [1.54, 1.807) is 6.33 Å². The first kappa shape index (κ1) is 14.4. The van der Waals surface area contributed by atoms with Gasteiger partial charge in [-0.15, -0.1) is 11.3 Å². The van der Waals surface area contributed by atoms with E-state index in [1.807, 2.05) is 11.3 Å². The predicted octanol–water partition coefficient (Wildman–Crippen LogP) is 3.42. The molecule has 0 saturated heterocycles. The van der Waals surface area contributed by atoms with Gasteiger partial charge in [0, 0.05) is 10.9 Å². The van der Waals surface area contributed by atoms with Gasteiger partial charge in [-0.05, 0) is 63.6 Å². The third kappa shape index (κ3) is 2.22. The molecule has 0 bridgehead atoms. The summed E-state index contributed by atoms with van der Waals surface area (Å²) in [6, 6.07) is 0.737. The summed E-state index contributed by atoms with van der Waals surface area (Å²) in [6.45, 7) is 0. The van der Waals surface area contributed by atoms with Crippen LogP contribution in [0.2, 0.25) is 0 Å². The molecule has 2 heterocycles. The molecule has 0 aromatic carbocycles. The second kappa shape index (κ2) is 5.46. The molecule has 118 valence electrons. The van der Waals surface area contributed by atoms with Crippen molar-refractivity contribution in [3.63, 3.8) is 0 Å². The van der Waals surface area contributed by atoms with Crippen LogP contribution in [0.15, 0.2) is 6.33 Å². The molecular weight excluding hydrogens is 292 g/mol. The molecule has 2 aromatic heterocycles. The molecule has 1 fully saturated rings. The lowest BCUT2D eigenvalue weighted by atomic mass is 9.75. The molecule has 1 saturated carbocycles. The lowest BCUT2D eigenvalue weighted by molar-refractivity contribution is 0.169. The van der Waals surface area contributed by atoms with E-state index < -0.39 is 0 Å². The van der Waals surface area contributed by atoms with Crippen LogP contribution in [0.5, 0.6) is 0 Å². The number of nitrogens with zero attached hydrogens (tertiary/aromatic N) is 3. The van der Waals surface area contributed by atoms with Gasteiger partial charge in [-0.2, -0.15) is 0 Å². The summed E-state index contributed by atoms with van der Waals surface area (Å²) in [4.78, 5) is 13.7. The van der Waals surface area contributed by atoms with Gasteiger partial charge in [-0.3, -0.25) is 0 Å². The maximum Gasteiger partial charge on any atom is 0.135 e. The average molecular weight is 316 g/mol. The van der Waals surface area contributed by atoms with Crippen molar-refractivity contribution in [1.82, 2.24) is 14.9 Å². The number of rotatable bonds is 2. The third-order valence-corrected chi connectivity index (χ3v) is 6.84. The normalized spacial score (nSPS) is 28.4. The number of nitrogens with two attached hydrogens (primary N) is 1. The van der Waals surface area contributed by atoms with E-state index in [2.05, 4.69) is 29.0 Å². The van der Waals surface area contributed by atoms with Crippen LogP contribution >= 0.6 is 11.3 Å². The van der Waals surface area contributed by atoms with Crippen LogP contribution < -0.4 is 5.73 Å². The highest BCUT2D eigenvalue weighted by atomic mass is 32.1. The van der Waals surface area contributed by atoms with E-state index in [-0.39, 0.29) is 0 Å². The van der Waals surface area contributed by atoms with Crippen molar-refractivity contribution in [2.45, 2.75) is 50.5 Å². The molecule has 3 atom stereocenters. The van der Waals surface area contributed by atoms with Crippen LogP contribution in [0.25, 0.3) is 10.2 Å². The maximum atomic E-state index is 6.19. The van der Waals surface area contributed by atoms with Crippen molar-refractivity contribution in [3.05, 3.63) is 16.8 Å². The number of thiophene rings is 1. The van der Waals surface area contributed by atoms with E-state index >= 15 is 0 Å². The SMILES string of the molecule is CN(C)[C@H]1CCCC(C2CCc3sc4ncnc(N)c4c32)C1. The lowest BCUT2D eigenvalue weighted by Crippen LogP contribution is -2.34. The number of anilines is 1. The summed E-state index contributed by atoms with van der Waals surface area (Å²) >= 11 is 1.83. The first-order valence-corrected chi connectivity index (χ1v) is 9.15. The van der Waals surface area contributed by atoms with Crippen molar-refractivity contribution in [2.75, 3.05) is 19.8 Å². The highest BCUT2D eigenvalue weighted by Gasteiger charge is 2.37. The van der Waals surface area contributed by atoms with Gasteiger partial charge in [0.2, 0.25) is 0 Å². The largest absolute Gasteiger partial charge is 0.383 e. The van der Waals surface area contributed by atoms with Crippen LogP contribution in [0, 0.1) is 5.92 Å². The second-order valence-electron chi connectivity index (χ2n) is 7.07. The monoisotopic (exact) mass is 316 g/mol. The van der Waals surface area contributed by atoms with Crippen LogP contribution in [0.3, 0.4) is 0 Å². The van der Waals surface area contributed by atoms with E-state index in [0.717, 1.165) is 22.2 Å². The summed E-state index contributed by atoms with van der Waals surface area (Å²) < 4.78 is 0. The number of aromatic nitrogens is 2. The van der Waals surface area contributed by atoms with Gasteiger partial charge < -0.3 is 10.6 Å². The van der Waals surface area contributed by atoms with E-state index in [9.17, 15) is 0 Å². The molecule has 2 unspecified atom stereocenters. The molecular formula is C17H24N4S. The van der Waals surface area contributed by atoms with Gasteiger partial charge in [0.05, 0.1) is 5.39 Å². The Morgan fingerprint density at radius 1 is 1.23 bits per heavy atom. The van der Waals surface area contributed by atoms with Gasteiger partial charge >= 0.3 is 0 Å². The molecule has 4 nitrogen and oxygen atoms in total. The van der Waals surface area contributed by atoms with Crippen LogP contribution in [-0.4, -0.2) is 35.0 Å². The zero-order chi connectivity index (χ0) is 15.3. The molecule has 22 heavy (non-hydrogen) atoms. The smallest absolute Gasteiger partial charge is 0.135 e. The first-order valence-electron chi connectivity index (χ1n) is 8.33. The molecule has 2 aliphatic carbocycles. The molecule has 2 aromatic rings. The zero-order valence-electron chi connectivity index (χ0n) is 13.4. The average Bonchev–Trinajstić information content (AvgIpc) is 3.06. The summed E-state index contributed by atoms with van der Waals surface area (Å²) in [6.07, 6.45) is 9.47. The first-order chi connectivity index (χ1) is 10.6. The van der Waals surface area contributed by atoms with Gasteiger partial charge in [0.15, 0.2) is 0 Å². The third-order valence-electron chi connectivity index (χ3n) is 5.67. The van der Waals surface area contributed by atoms with Crippen molar-refractivity contribution >= 4 is 27.4 Å². The number of hydrogen-bond acceptors (Lipinski definition) is 5. The standard InChI is InChI=1S/C17H24N4S/c1-21(2)11-5-3-4-10(8-11)12-6-7-13-14(12)15-16(18)19-9-20-17(15)22-13/h9-12H,3-8H2,1-2H3,(H2,18,19,20)/t10?,11-,12?/m0/s1. The molecule has 2 aliphatic rings. The summed E-state index contributed by atoms with van der Waals surface area (Å²) in [5.74, 6) is 2.13. The van der Waals surface area contributed by atoms with Crippen molar-refractivity contribution in [1.29, 1.82) is 0 Å². The molecule has 5 heteroatoms. The topological polar surface area (TPSA) is 55.0 Å². The number of hydrogen-bond donors (Lipinski definition) is 1. The van der Waals surface area contributed by atoms with Crippen LogP contribution in [0.1, 0.15) is 48.5 Å². The minimum absolute atomic E-state index is 0.666. The number of aryl methyl sites for hydroxylation is 1. The molecule has 0 aliphatic heterocycles. The Balaban J connectivity index is 1.71. The molecule has 2 N–H and O–H groups in total. The quantitative estimate of drug-likeness (QED) is 0.922. The Hall–Kier alpha value is -1.20. The molecule has 0 spiro atoms. The van der Waals surface area contributed by atoms with Crippen molar-refractivity contribution in [2.24, 2.45) is 5.92 Å². The summed E-state index contributed by atoms with van der Waals surface area (Å²) in [5.41, 5.74) is 7.69. The lowest BCUT2D eigenvalue weighted by Gasteiger charge is -2.36. The van der Waals surface area contributed by atoms with Crippen molar-refractivity contribution in [3.8, 4) is 0 Å². The summed E-state index contributed by atoms with van der Waals surface area (Å²) in [7, 11) is 4.44. The molecule has 4 rings (SSSR count). The highest BCUT2D eigenvalue weighted by Crippen LogP contribution is 2.50. The van der Waals surface area contributed by atoms with E-state index in [0.29, 0.717) is 11.7 Å². The fourth-order valence-corrected chi connectivity index (χ4v) is 5.77. The maximum absolute atomic E-state index is 6.19. The molecule has 0 amide bonds. The Labute approximate surface area is 135 Å². The molecule has 0 radical (unpaired) electrons. The van der Waals surface area contributed by atoms with E-state index in [4.69, 9.17) is 5.73 Å². The summed E-state index contributed by atoms with van der Waals surface area (Å²) in [5, 5.41) is 1.16. The minimum atomic E-state index is 0.666. The Morgan fingerprint density at radius 2 is 2.09 bits per heavy atom. The number of nitrogen functional groups attached to an aromatic ring is 1. The second-order valence-corrected chi connectivity index (χ2v) is 8.15. The Kier molecular flexibility index (Phi) is 3.57. The highest BCUT2D eigenvalue weighted by molar-refractivity contribution is 7.19. The minimum Gasteiger partial charge on any atom is -0.383 e. The Morgan fingerprint density at radius 3 is 2.91 bits per heavy atom. The van der Waals surface area contributed by atoms with Gasteiger partial charge in [-0.1, -0.05) is 6.42 Å².